The molecule has 0 saturated carbocycles. The van der Waals surface area contributed by atoms with Gasteiger partial charge in [-0.3, -0.25) is 24.6 Å². The van der Waals surface area contributed by atoms with Gasteiger partial charge < -0.3 is 10.6 Å². The van der Waals surface area contributed by atoms with E-state index in [2.05, 4.69) is 10.6 Å². The zero-order chi connectivity index (χ0) is 20.7. The Labute approximate surface area is 171 Å². The van der Waals surface area contributed by atoms with E-state index in [0.29, 0.717) is 0 Å². The first-order valence-electron chi connectivity index (χ1n) is 8.15. The lowest BCUT2D eigenvalue weighted by Crippen LogP contribution is -2.36. The van der Waals surface area contributed by atoms with Gasteiger partial charge >= 0.3 is 0 Å². The van der Waals surface area contributed by atoms with Crippen LogP contribution in [0.15, 0.2) is 47.4 Å². The van der Waals surface area contributed by atoms with E-state index in [0.717, 1.165) is 16.6 Å². The molecule has 0 atom stereocenters. The van der Waals surface area contributed by atoms with Crippen molar-refractivity contribution in [1.82, 2.24) is 4.90 Å². The molecule has 8 nitrogen and oxygen atoms in total. The van der Waals surface area contributed by atoms with Gasteiger partial charge in [0.05, 0.1) is 34.4 Å². The summed E-state index contributed by atoms with van der Waals surface area (Å²) >= 11 is 7.48. The molecule has 2 amide bonds. The third-order valence-corrected chi connectivity index (χ3v) is 4.75. The number of nitrogens with zero attached hydrogens (tertiary/aromatic N) is 2. The molecule has 0 fully saturated rings. The second-order valence-electron chi connectivity index (χ2n) is 5.89. The van der Waals surface area contributed by atoms with Gasteiger partial charge in [-0.05, 0) is 31.5 Å². The third-order valence-electron chi connectivity index (χ3n) is 3.65. The van der Waals surface area contributed by atoms with E-state index in [1.807, 2.05) is 30.5 Å². The third kappa shape index (κ3) is 6.22. The van der Waals surface area contributed by atoms with Crippen LogP contribution in [0.1, 0.15) is 0 Å². The molecule has 0 radical (unpaired) electrons. The molecule has 0 aliphatic carbocycles. The molecule has 2 aromatic rings. The monoisotopic (exact) mass is 422 g/mol. The predicted molar refractivity (Wildman–Crippen MR) is 111 cm³/mol. The number of anilines is 2. The lowest BCUT2D eigenvalue weighted by molar-refractivity contribution is -0.384. The second kappa shape index (κ2) is 10.1. The summed E-state index contributed by atoms with van der Waals surface area (Å²) in [5.41, 5.74) is 0.821. The Morgan fingerprint density at radius 3 is 2.29 bits per heavy atom. The summed E-state index contributed by atoms with van der Waals surface area (Å²) in [6.07, 6.45) is 1.92. The van der Waals surface area contributed by atoms with Crippen LogP contribution in [0.3, 0.4) is 0 Å². The smallest absolute Gasteiger partial charge is 0.271 e. The van der Waals surface area contributed by atoms with Crippen molar-refractivity contribution in [3.05, 3.63) is 57.6 Å². The average Bonchev–Trinajstić information content (AvgIpc) is 2.63. The van der Waals surface area contributed by atoms with E-state index in [1.54, 1.807) is 11.9 Å². The fourth-order valence-corrected chi connectivity index (χ4v) is 3.17. The number of hydrogen-bond donors (Lipinski definition) is 2. The normalized spacial score (nSPS) is 10.6. The van der Waals surface area contributed by atoms with Crippen LogP contribution in [0.25, 0.3) is 0 Å². The molecule has 2 N–H and O–H groups in total. The van der Waals surface area contributed by atoms with Crippen molar-refractivity contribution in [2.24, 2.45) is 0 Å². The van der Waals surface area contributed by atoms with Crippen LogP contribution in [-0.4, -0.2) is 48.0 Å². The standard InChI is InChI=1S/C18H19ClN4O4S/c1-22(11-18(25)21-15-5-3-4-6-16(15)28-2)10-17(24)20-14-8-7-12(23(26)27)9-13(14)19/h3-9H,10-11H2,1-2H3,(H,20,24)(H,21,25). The lowest BCUT2D eigenvalue weighted by atomic mass is 10.3. The first-order chi connectivity index (χ1) is 13.3. The van der Waals surface area contributed by atoms with Crippen LogP contribution in [0, 0.1) is 10.1 Å². The minimum atomic E-state index is -0.570. The van der Waals surface area contributed by atoms with E-state index in [-0.39, 0.29) is 35.4 Å². The number of amides is 2. The number of para-hydroxylation sites is 1. The number of nitro groups is 1. The molecule has 0 saturated heterocycles. The number of nitro benzene ring substituents is 1. The molecule has 2 aromatic carbocycles. The fraction of sp³-hybridized carbons (Fsp3) is 0.222. The summed E-state index contributed by atoms with van der Waals surface area (Å²) in [4.78, 5) is 37.0. The Kier molecular flexibility index (Phi) is 7.80. The maximum atomic E-state index is 12.2. The highest BCUT2D eigenvalue weighted by Gasteiger charge is 2.15. The topological polar surface area (TPSA) is 105 Å². The van der Waals surface area contributed by atoms with E-state index in [1.165, 1.54) is 23.9 Å². The van der Waals surface area contributed by atoms with Crippen molar-refractivity contribution in [1.29, 1.82) is 0 Å². The zero-order valence-corrected chi connectivity index (χ0v) is 16.8. The van der Waals surface area contributed by atoms with Gasteiger partial charge in [0.15, 0.2) is 0 Å². The molecule has 28 heavy (non-hydrogen) atoms. The highest BCUT2D eigenvalue weighted by Crippen LogP contribution is 2.26. The second-order valence-corrected chi connectivity index (χ2v) is 7.15. The maximum absolute atomic E-state index is 12.2. The Morgan fingerprint density at radius 2 is 1.71 bits per heavy atom. The van der Waals surface area contributed by atoms with E-state index < -0.39 is 10.8 Å². The van der Waals surface area contributed by atoms with Crippen molar-refractivity contribution >= 4 is 52.2 Å². The minimum absolute atomic E-state index is 0.0180. The van der Waals surface area contributed by atoms with E-state index >= 15 is 0 Å². The predicted octanol–water partition coefficient (Wildman–Crippen LogP) is 3.48. The Balaban J connectivity index is 1.88. The lowest BCUT2D eigenvalue weighted by Gasteiger charge is -2.17. The number of non-ortho nitro benzene ring substituents is 1. The summed E-state index contributed by atoms with van der Waals surface area (Å²) in [6.45, 7) is -0.0327. The Morgan fingerprint density at radius 1 is 1.11 bits per heavy atom. The average molecular weight is 423 g/mol. The summed E-state index contributed by atoms with van der Waals surface area (Å²) in [6, 6.07) is 11.2. The van der Waals surface area contributed by atoms with Crippen LogP contribution in [0.5, 0.6) is 0 Å². The molecule has 0 heterocycles. The first kappa shape index (κ1) is 21.7. The van der Waals surface area contributed by atoms with Crippen molar-refractivity contribution in [2.75, 3.05) is 37.0 Å². The summed E-state index contributed by atoms with van der Waals surface area (Å²) in [5, 5.41) is 16.2. The summed E-state index contributed by atoms with van der Waals surface area (Å²) < 4.78 is 0. The van der Waals surface area contributed by atoms with Crippen LogP contribution >= 0.6 is 23.4 Å². The molecule has 2 rings (SSSR count). The SMILES string of the molecule is CSc1ccccc1NC(=O)CN(C)CC(=O)Nc1ccc([N+](=O)[O-])cc1Cl. The number of nitrogens with one attached hydrogen (secondary N) is 2. The number of thioether (sulfide) groups is 1. The van der Waals surface area contributed by atoms with Gasteiger partial charge in [0, 0.05) is 17.0 Å². The number of hydrogen-bond acceptors (Lipinski definition) is 6. The molecule has 0 unspecified atom stereocenters. The number of likely N-dealkylation sites (N-methyl/N-ethyl adjacent to an activating group) is 1. The number of halogens is 1. The van der Waals surface area contributed by atoms with Gasteiger partial charge in [0.1, 0.15) is 0 Å². The molecule has 148 valence electrons. The zero-order valence-electron chi connectivity index (χ0n) is 15.3. The number of carbonyl (C=O) groups excluding carboxylic acids is 2. The first-order valence-corrected chi connectivity index (χ1v) is 9.75. The Bertz CT molecular complexity index is 894. The molecule has 0 bridgehead atoms. The molecular weight excluding hydrogens is 404 g/mol. The molecule has 0 aromatic heterocycles. The van der Waals surface area contributed by atoms with Crippen LogP contribution in [0.2, 0.25) is 5.02 Å². The number of carbonyl (C=O) groups is 2. The minimum Gasteiger partial charge on any atom is -0.324 e. The molecule has 0 aliphatic rings. The highest BCUT2D eigenvalue weighted by molar-refractivity contribution is 7.98. The van der Waals surface area contributed by atoms with Gasteiger partial charge in [-0.25, -0.2) is 0 Å². The van der Waals surface area contributed by atoms with E-state index in [4.69, 9.17) is 11.6 Å². The van der Waals surface area contributed by atoms with Crippen LogP contribution < -0.4 is 10.6 Å². The van der Waals surface area contributed by atoms with Crippen molar-refractivity contribution in [2.45, 2.75) is 4.90 Å². The van der Waals surface area contributed by atoms with Crippen LogP contribution in [0.4, 0.5) is 17.1 Å². The maximum Gasteiger partial charge on any atom is 0.271 e. The van der Waals surface area contributed by atoms with Gasteiger partial charge in [-0.2, -0.15) is 0 Å². The largest absolute Gasteiger partial charge is 0.324 e. The fourth-order valence-electron chi connectivity index (χ4n) is 2.39. The quantitative estimate of drug-likeness (QED) is 0.383. The van der Waals surface area contributed by atoms with Crippen molar-refractivity contribution < 1.29 is 14.5 Å². The van der Waals surface area contributed by atoms with E-state index in [9.17, 15) is 19.7 Å². The van der Waals surface area contributed by atoms with Crippen molar-refractivity contribution in [3.63, 3.8) is 0 Å². The summed E-state index contributed by atoms with van der Waals surface area (Å²) in [7, 11) is 1.64. The molecule has 0 aliphatic heterocycles. The van der Waals surface area contributed by atoms with Gasteiger partial charge in [-0.15, -0.1) is 11.8 Å². The Hall–Kier alpha value is -2.62. The van der Waals surface area contributed by atoms with Crippen molar-refractivity contribution in [3.8, 4) is 0 Å². The summed E-state index contributed by atoms with van der Waals surface area (Å²) in [5.74, 6) is -0.638. The van der Waals surface area contributed by atoms with Crippen LogP contribution in [-0.2, 0) is 9.59 Å². The van der Waals surface area contributed by atoms with Gasteiger partial charge in [0.25, 0.3) is 5.69 Å². The molecule has 10 heteroatoms. The van der Waals surface area contributed by atoms with Gasteiger partial charge in [-0.1, -0.05) is 23.7 Å². The number of rotatable bonds is 8. The molecular formula is C18H19ClN4O4S. The van der Waals surface area contributed by atoms with Gasteiger partial charge in [0.2, 0.25) is 11.8 Å². The highest BCUT2D eigenvalue weighted by atomic mass is 35.5. The molecule has 0 spiro atoms. The number of benzene rings is 2.